The fourth-order valence-electron chi connectivity index (χ4n) is 1.82. The van der Waals surface area contributed by atoms with Gasteiger partial charge < -0.3 is 9.84 Å². The highest BCUT2D eigenvalue weighted by Crippen LogP contribution is 2.23. The molecule has 0 saturated carbocycles. The van der Waals surface area contributed by atoms with Crippen molar-refractivity contribution in [3.05, 3.63) is 41.6 Å². The lowest BCUT2D eigenvalue weighted by molar-refractivity contribution is 0.420. The topological polar surface area (TPSA) is 38.1 Å². The van der Waals surface area contributed by atoms with Crippen molar-refractivity contribution in [1.29, 1.82) is 0 Å². The summed E-state index contributed by atoms with van der Waals surface area (Å²) in [6.45, 7) is 8.15. The summed E-state index contributed by atoms with van der Waals surface area (Å²) in [6, 6.07) is 10.5. The van der Waals surface area contributed by atoms with Gasteiger partial charge in [0, 0.05) is 18.2 Å². The van der Waals surface area contributed by atoms with E-state index in [1.165, 1.54) is 5.56 Å². The first-order valence-electron chi connectivity index (χ1n) is 6.47. The zero-order valence-electron chi connectivity index (χ0n) is 11.2. The second-order valence-electron chi connectivity index (χ2n) is 4.74. The van der Waals surface area contributed by atoms with Crippen molar-refractivity contribution in [2.75, 3.05) is 6.54 Å². The molecule has 0 unspecified atom stereocenters. The van der Waals surface area contributed by atoms with Crippen LogP contribution in [0.25, 0.3) is 11.3 Å². The highest BCUT2D eigenvalue weighted by Gasteiger charge is 2.07. The van der Waals surface area contributed by atoms with Crippen molar-refractivity contribution in [2.45, 2.75) is 33.2 Å². The first-order valence-corrected chi connectivity index (χ1v) is 6.47. The van der Waals surface area contributed by atoms with E-state index in [1.807, 2.05) is 6.07 Å². The van der Waals surface area contributed by atoms with Crippen LogP contribution in [0.5, 0.6) is 0 Å². The second kappa shape index (κ2) is 5.83. The second-order valence-corrected chi connectivity index (χ2v) is 4.74. The summed E-state index contributed by atoms with van der Waals surface area (Å²) in [6.07, 6.45) is 0. The average Bonchev–Trinajstić information content (AvgIpc) is 2.85. The molecule has 0 spiro atoms. The van der Waals surface area contributed by atoms with Crippen LogP contribution in [0.15, 0.2) is 34.9 Å². The number of nitrogens with zero attached hydrogens (tertiary/aromatic N) is 1. The summed E-state index contributed by atoms with van der Waals surface area (Å²) < 4.78 is 5.36. The third-order valence-electron chi connectivity index (χ3n) is 2.98. The molecule has 0 saturated heterocycles. The van der Waals surface area contributed by atoms with Crippen molar-refractivity contribution in [3.8, 4) is 11.3 Å². The largest absolute Gasteiger partial charge is 0.356 e. The fourth-order valence-corrected chi connectivity index (χ4v) is 1.82. The normalized spacial score (nSPS) is 11.1. The highest BCUT2D eigenvalue weighted by molar-refractivity contribution is 5.57. The van der Waals surface area contributed by atoms with E-state index in [-0.39, 0.29) is 0 Å². The Kier molecular flexibility index (Phi) is 4.15. The number of hydrogen-bond acceptors (Lipinski definition) is 3. The van der Waals surface area contributed by atoms with Crippen LogP contribution in [-0.2, 0) is 6.54 Å². The molecule has 0 atom stereocenters. The van der Waals surface area contributed by atoms with Crippen LogP contribution in [-0.4, -0.2) is 11.7 Å². The van der Waals surface area contributed by atoms with Gasteiger partial charge in [0.2, 0.25) is 0 Å². The minimum atomic E-state index is 0.554. The number of benzene rings is 1. The lowest BCUT2D eigenvalue weighted by Gasteiger charge is -2.04. The maximum atomic E-state index is 5.36. The minimum Gasteiger partial charge on any atom is -0.356 e. The van der Waals surface area contributed by atoms with E-state index in [1.54, 1.807) is 0 Å². The van der Waals surface area contributed by atoms with Gasteiger partial charge >= 0.3 is 0 Å². The van der Waals surface area contributed by atoms with Crippen molar-refractivity contribution < 1.29 is 4.52 Å². The number of rotatable bonds is 5. The monoisotopic (exact) mass is 244 g/mol. The van der Waals surface area contributed by atoms with Gasteiger partial charge in [0.25, 0.3) is 0 Å². The summed E-state index contributed by atoms with van der Waals surface area (Å²) in [5.74, 6) is 1.39. The Morgan fingerprint density at radius 3 is 2.56 bits per heavy atom. The van der Waals surface area contributed by atoms with E-state index in [2.05, 4.69) is 55.5 Å². The molecule has 0 aliphatic heterocycles. The Morgan fingerprint density at radius 2 is 1.94 bits per heavy atom. The van der Waals surface area contributed by atoms with Gasteiger partial charge in [-0.1, -0.05) is 50.2 Å². The Bertz CT molecular complexity index is 485. The lowest BCUT2D eigenvalue weighted by atomic mass is 10.0. The maximum absolute atomic E-state index is 5.36. The van der Waals surface area contributed by atoms with E-state index in [4.69, 9.17) is 4.52 Å². The van der Waals surface area contributed by atoms with Crippen LogP contribution in [0, 0.1) is 0 Å². The van der Waals surface area contributed by atoms with E-state index in [9.17, 15) is 0 Å². The number of nitrogens with one attached hydrogen (secondary N) is 1. The molecule has 0 aliphatic carbocycles. The first kappa shape index (κ1) is 12.8. The van der Waals surface area contributed by atoms with Gasteiger partial charge in [0.15, 0.2) is 5.76 Å². The molecule has 1 aromatic heterocycles. The third kappa shape index (κ3) is 2.99. The Balaban J connectivity index is 2.13. The zero-order valence-corrected chi connectivity index (χ0v) is 11.2. The molecule has 96 valence electrons. The van der Waals surface area contributed by atoms with Crippen LogP contribution >= 0.6 is 0 Å². The molecule has 0 radical (unpaired) electrons. The van der Waals surface area contributed by atoms with Gasteiger partial charge in [-0.3, -0.25) is 0 Å². The van der Waals surface area contributed by atoms with Gasteiger partial charge in [0.05, 0.1) is 5.69 Å². The molecule has 1 heterocycles. The molecule has 3 heteroatoms. The first-order chi connectivity index (χ1) is 8.70. The summed E-state index contributed by atoms with van der Waals surface area (Å²) in [5, 5.41) is 7.28. The van der Waals surface area contributed by atoms with Crippen LogP contribution in [0.2, 0.25) is 0 Å². The molecule has 2 aromatic rings. The zero-order chi connectivity index (χ0) is 13.0. The Labute approximate surface area is 108 Å². The van der Waals surface area contributed by atoms with Crippen molar-refractivity contribution in [2.24, 2.45) is 0 Å². The fraction of sp³-hybridized carbons (Fsp3) is 0.400. The minimum absolute atomic E-state index is 0.554. The molecule has 18 heavy (non-hydrogen) atoms. The van der Waals surface area contributed by atoms with Crippen LogP contribution in [0.4, 0.5) is 0 Å². The van der Waals surface area contributed by atoms with E-state index in [0.717, 1.165) is 30.1 Å². The predicted molar refractivity (Wildman–Crippen MR) is 73.4 cm³/mol. The highest BCUT2D eigenvalue weighted by atomic mass is 16.5. The van der Waals surface area contributed by atoms with Crippen molar-refractivity contribution >= 4 is 0 Å². The van der Waals surface area contributed by atoms with Crippen LogP contribution in [0.1, 0.15) is 37.9 Å². The molecule has 0 amide bonds. The van der Waals surface area contributed by atoms with Crippen molar-refractivity contribution in [3.63, 3.8) is 0 Å². The van der Waals surface area contributed by atoms with Gasteiger partial charge in [0.1, 0.15) is 0 Å². The van der Waals surface area contributed by atoms with Crippen LogP contribution in [0.3, 0.4) is 0 Å². The number of aromatic nitrogens is 1. The molecular weight excluding hydrogens is 224 g/mol. The molecule has 1 N–H and O–H groups in total. The lowest BCUT2D eigenvalue weighted by Crippen LogP contribution is -2.11. The summed E-state index contributed by atoms with van der Waals surface area (Å²) in [5.41, 5.74) is 3.36. The molecule has 0 bridgehead atoms. The molecule has 0 aliphatic rings. The molecule has 1 aromatic carbocycles. The predicted octanol–water partition coefficient (Wildman–Crippen LogP) is 3.57. The van der Waals surface area contributed by atoms with E-state index < -0.39 is 0 Å². The summed E-state index contributed by atoms with van der Waals surface area (Å²) in [4.78, 5) is 0. The van der Waals surface area contributed by atoms with E-state index in [0.29, 0.717) is 5.92 Å². The van der Waals surface area contributed by atoms with Gasteiger partial charge in [-0.05, 0) is 18.0 Å². The van der Waals surface area contributed by atoms with Gasteiger partial charge in [-0.25, -0.2) is 0 Å². The third-order valence-corrected chi connectivity index (χ3v) is 2.98. The number of hydrogen-bond donors (Lipinski definition) is 1. The standard InChI is InChI=1S/C15H20N2O/c1-4-16-10-14-9-15(18-17-14)13-7-5-12(6-8-13)11(2)3/h5-9,11,16H,4,10H2,1-3H3. The van der Waals surface area contributed by atoms with Crippen molar-refractivity contribution in [1.82, 2.24) is 10.5 Å². The smallest absolute Gasteiger partial charge is 0.167 e. The van der Waals surface area contributed by atoms with Crippen LogP contribution < -0.4 is 5.32 Å². The Hall–Kier alpha value is -1.61. The molecule has 2 rings (SSSR count). The summed E-state index contributed by atoms with van der Waals surface area (Å²) >= 11 is 0. The molecule has 0 fully saturated rings. The maximum Gasteiger partial charge on any atom is 0.167 e. The quantitative estimate of drug-likeness (QED) is 0.873. The molecular formula is C15H20N2O. The Morgan fingerprint density at radius 1 is 1.22 bits per heavy atom. The summed E-state index contributed by atoms with van der Waals surface area (Å²) in [7, 11) is 0. The average molecular weight is 244 g/mol. The molecule has 3 nitrogen and oxygen atoms in total. The van der Waals surface area contributed by atoms with E-state index >= 15 is 0 Å². The van der Waals surface area contributed by atoms with Gasteiger partial charge in [-0.2, -0.15) is 0 Å². The SMILES string of the molecule is CCNCc1cc(-c2ccc(C(C)C)cc2)on1. The van der Waals surface area contributed by atoms with Gasteiger partial charge in [-0.15, -0.1) is 0 Å².